The van der Waals surface area contributed by atoms with Crippen LogP contribution in [-0.2, 0) is 4.79 Å². The quantitative estimate of drug-likeness (QED) is 0.518. The van der Waals surface area contributed by atoms with Crippen LogP contribution < -0.4 is 0 Å². The lowest BCUT2D eigenvalue weighted by molar-refractivity contribution is -0.104. The molecule has 0 spiro atoms. The summed E-state index contributed by atoms with van der Waals surface area (Å²) in [5.41, 5.74) is 1.74. The van der Waals surface area contributed by atoms with Gasteiger partial charge in [0.05, 0.1) is 0 Å². The van der Waals surface area contributed by atoms with E-state index in [4.69, 9.17) is 0 Å². The molecule has 0 aromatic rings. The van der Waals surface area contributed by atoms with Gasteiger partial charge in [0.15, 0.2) is 0 Å². The lowest BCUT2D eigenvalue weighted by atomic mass is 10.1. The monoisotopic (exact) mass is 146 g/mol. The van der Waals surface area contributed by atoms with Gasteiger partial charge in [-0.25, -0.2) is 0 Å². The summed E-state index contributed by atoms with van der Waals surface area (Å²) in [4.78, 5) is 10.5. The average Bonchev–Trinajstić information content (AvgIpc) is 1.98. The van der Waals surface area contributed by atoms with E-state index in [-0.39, 0.29) is 0 Å². The van der Waals surface area contributed by atoms with Crippen LogP contribution in [0.3, 0.4) is 0 Å². The zero-order valence-electron chi connectivity index (χ0n) is 6.45. The molecule has 1 aliphatic carbocycles. The van der Waals surface area contributed by atoms with Gasteiger partial charge in [-0.2, -0.15) is 0 Å². The Labute approximate surface area is 66.4 Å². The number of carbonyl (C=O) groups excluding carboxylic acids is 1. The van der Waals surface area contributed by atoms with E-state index in [9.17, 15) is 4.79 Å². The molecule has 0 unspecified atom stereocenters. The summed E-state index contributed by atoms with van der Waals surface area (Å²) in [7, 11) is 0. The van der Waals surface area contributed by atoms with E-state index < -0.39 is 0 Å². The third kappa shape index (κ3) is 2.04. The van der Waals surface area contributed by atoms with Crippen molar-refractivity contribution < 1.29 is 4.79 Å². The largest absolute Gasteiger partial charge is 0.298 e. The van der Waals surface area contributed by atoms with E-state index in [0.29, 0.717) is 0 Å². The molecule has 0 aromatic heterocycles. The van der Waals surface area contributed by atoms with E-state index >= 15 is 0 Å². The number of hydrogen-bond donors (Lipinski definition) is 0. The molecule has 11 heavy (non-hydrogen) atoms. The van der Waals surface area contributed by atoms with Crippen molar-refractivity contribution >= 4 is 6.29 Å². The van der Waals surface area contributed by atoms with Crippen LogP contribution in [0.5, 0.6) is 0 Å². The Kier molecular flexibility index (Phi) is 2.61. The second-order valence-electron chi connectivity index (χ2n) is 2.36. The van der Waals surface area contributed by atoms with Crippen molar-refractivity contribution in [3.05, 3.63) is 47.6 Å². The van der Waals surface area contributed by atoms with Crippen molar-refractivity contribution in [1.82, 2.24) is 0 Å². The lowest BCUT2D eigenvalue weighted by Crippen LogP contribution is -1.84. The maximum atomic E-state index is 10.5. The predicted octanol–water partition coefficient (Wildman–Crippen LogP) is 2.18. The summed E-state index contributed by atoms with van der Waals surface area (Å²) in [6.07, 6.45) is 12.2. The molecule has 0 aliphatic heterocycles. The van der Waals surface area contributed by atoms with Crippen LogP contribution in [-0.4, -0.2) is 6.29 Å². The molecule has 1 nitrogen and oxygen atoms in total. The van der Waals surface area contributed by atoms with Crippen molar-refractivity contribution in [3.8, 4) is 0 Å². The first-order valence-electron chi connectivity index (χ1n) is 3.52. The fourth-order valence-corrected chi connectivity index (χ4v) is 0.847. The Balaban J connectivity index is 3.01. The topological polar surface area (TPSA) is 17.1 Å². The molecule has 0 atom stereocenters. The van der Waals surface area contributed by atoms with Gasteiger partial charge in [0.25, 0.3) is 0 Å². The predicted molar refractivity (Wildman–Crippen MR) is 46.2 cm³/mol. The molecule has 0 saturated heterocycles. The Hall–Kier alpha value is -1.37. The average molecular weight is 146 g/mol. The third-order valence-electron chi connectivity index (χ3n) is 1.54. The first-order chi connectivity index (χ1) is 5.34. The van der Waals surface area contributed by atoms with Gasteiger partial charge in [-0.15, -0.1) is 0 Å². The standard InChI is InChI=1S/C10H10O/c1-9-6-4-2-3-5-7-10(9)8-11/h2-8H,1H3. The first kappa shape index (κ1) is 7.73. The van der Waals surface area contributed by atoms with E-state index in [1.54, 1.807) is 0 Å². The summed E-state index contributed by atoms with van der Waals surface area (Å²) in [6, 6.07) is 0. The summed E-state index contributed by atoms with van der Waals surface area (Å²) in [6.45, 7) is 1.92. The third-order valence-corrected chi connectivity index (χ3v) is 1.54. The summed E-state index contributed by atoms with van der Waals surface area (Å²) in [5, 5.41) is 0. The minimum atomic E-state index is 0.741. The maximum Gasteiger partial charge on any atom is 0.150 e. The van der Waals surface area contributed by atoms with E-state index in [2.05, 4.69) is 0 Å². The van der Waals surface area contributed by atoms with Crippen LogP contribution in [0.1, 0.15) is 6.92 Å². The molecular formula is C10H10O. The number of aldehydes is 1. The SMILES string of the molecule is CC1=C(C=O)C=CC=CC=C1. The van der Waals surface area contributed by atoms with Crippen LogP contribution in [0.15, 0.2) is 47.6 Å². The molecule has 0 fully saturated rings. The minimum absolute atomic E-state index is 0.741. The molecule has 0 bridgehead atoms. The number of rotatable bonds is 1. The minimum Gasteiger partial charge on any atom is -0.298 e. The molecule has 0 radical (unpaired) electrons. The zero-order chi connectivity index (χ0) is 8.10. The van der Waals surface area contributed by atoms with Crippen molar-refractivity contribution in [3.63, 3.8) is 0 Å². The lowest BCUT2D eigenvalue weighted by Gasteiger charge is -1.96. The van der Waals surface area contributed by atoms with Crippen molar-refractivity contribution in [1.29, 1.82) is 0 Å². The summed E-state index contributed by atoms with van der Waals surface area (Å²) < 4.78 is 0. The fourth-order valence-electron chi connectivity index (χ4n) is 0.847. The molecule has 0 aromatic carbocycles. The second-order valence-corrected chi connectivity index (χ2v) is 2.36. The summed E-state index contributed by atoms with van der Waals surface area (Å²) in [5.74, 6) is 0. The Bertz CT molecular complexity index is 265. The number of carbonyl (C=O) groups is 1. The highest BCUT2D eigenvalue weighted by Gasteiger charge is 1.93. The Morgan fingerprint density at radius 3 is 2.36 bits per heavy atom. The normalized spacial score (nSPS) is 16.5. The van der Waals surface area contributed by atoms with E-state index in [1.807, 2.05) is 43.4 Å². The van der Waals surface area contributed by atoms with Gasteiger partial charge in [0.2, 0.25) is 0 Å². The van der Waals surface area contributed by atoms with Gasteiger partial charge < -0.3 is 0 Å². The second kappa shape index (κ2) is 3.71. The highest BCUT2D eigenvalue weighted by Crippen LogP contribution is 2.06. The molecular weight excluding hydrogens is 136 g/mol. The van der Waals surface area contributed by atoms with Gasteiger partial charge in [0.1, 0.15) is 6.29 Å². The van der Waals surface area contributed by atoms with Gasteiger partial charge in [0, 0.05) is 5.57 Å². The van der Waals surface area contributed by atoms with Crippen LogP contribution in [0.2, 0.25) is 0 Å². The molecule has 0 amide bonds. The highest BCUT2D eigenvalue weighted by atomic mass is 16.1. The summed E-state index contributed by atoms with van der Waals surface area (Å²) >= 11 is 0. The van der Waals surface area contributed by atoms with Gasteiger partial charge >= 0.3 is 0 Å². The van der Waals surface area contributed by atoms with Gasteiger partial charge in [-0.05, 0) is 12.5 Å². The smallest absolute Gasteiger partial charge is 0.150 e. The van der Waals surface area contributed by atoms with Crippen molar-refractivity contribution in [2.24, 2.45) is 0 Å². The molecule has 0 heterocycles. The fraction of sp³-hybridized carbons (Fsp3) is 0.100. The van der Waals surface area contributed by atoms with Crippen molar-refractivity contribution in [2.75, 3.05) is 0 Å². The molecule has 1 rings (SSSR count). The maximum absolute atomic E-state index is 10.5. The number of allylic oxidation sites excluding steroid dienone is 8. The Morgan fingerprint density at radius 1 is 1.09 bits per heavy atom. The Morgan fingerprint density at radius 2 is 1.73 bits per heavy atom. The van der Waals surface area contributed by atoms with Gasteiger partial charge in [-0.1, -0.05) is 36.5 Å². The highest BCUT2D eigenvalue weighted by molar-refractivity contribution is 5.79. The molecule has 0 N–H and O–H groups in total. The van der Waals surface area contributed by atoms with Gasteiger partial charge in [-0.3, -0.25) is 4.79 Å². The van der Waals surface area contributed by atoms with E-state index in [0.717, 1.165) is 17.4 Å². The molecule has 1 heteroatoms. The molecule has 1 aliphatic rings. The van der Waals surface area contributed by atoms with Crippen LogP contribution in [0.4, 0.5) is 0 Å². The van der Waals surface area contributed by atoms with Crippen LogP contribution in [0, 0.1) is 0 Å². The van der Waals surface area contributed by atoms with E-state index in [1.165, 1.54) is 0 Å². The molecule has 56 valence electrons. The first-order valence-corrected chi connectivity index (χ1v) is 3.52. The van der Waals surface area contributed by atoms with Crippen molar-refractivity contribution in [2.45, 2.75) is 6.92 Å². The molecule has 0 saturated carbocycles. The van der Waals surface area contributed by atoms with Crippen LogP contribution in [0.25, 0.3) is 0 Å². The zero-order valence-corrected chi connectivity index (χ0v) is 6.45. The number of hydrogen-bond acceptors (Lipinski definition) is 1. The van der Waals surface area contributed by atoms with Crippen LogP contribution >= 0.6 is 0 Å².